The highest BCUT2D eigenvalue weighted by atomic mass is 15.2. The third kappa shape index (κ3) is 5.49. The average Bonchev–Trinajstić information content (AvgIpc) is 3.43. The maximum absolute atomic E-state index is 4.11. The van der Waals surface area contributed by atoms with Crippen molar-refractivity contribution in [2.24, 2.45) is 11.8 Å². The predicted molar refractivity (Wildman–Crippen MR) is 232 cm³/mol. The minimum absolute atomic E-state index is 0.240. The Kier molecular flexibility index (Phi) is 8.20. The topological polar surface area (TPSA) is 6.48 Å². The van der Waals surface area contributed by atoms with E-state index in [-0.39, 0.29) is 5.41 Å². The third-order valence-electron chi connectivity index (χ3n) is 11.6. The maximum Gasteiger partial charge on any atom is 0.0540 e. The molecule has 0 N–H and O–H groups in total. The second kappa shape index (κ2) is 13.2. The van der Waals surface area contributed by atoms with Gasteiger partial charge in [0.05, 0.1) is 11.4 Å². The molecule has 0 amide bonds. The highest BCUT2D eigenvalue weighted by molar-refractivity contribution is 6.00. The molecule has 54 heavy (non-hydrogen) atoms. The molecule has 2 aliphatic rings. The fraction of sp³-hybridized carbons (Fsp3) is 0.115. The Balaban J connectivity index is 1.18. The lowest BCUT2D eigenvalue weighted by Crippen LogP contribution is -2.21. The Hall–Kier alpha value is -6.38. The van der Waals surface area contributed by atoms with Crippen LogP contribution in [0.1, 0.15) is 37.5 Å². The van der Waals surface area contributed by atoms with Crippen LogP contribution in [0.15, 0.2) is 189 Å². The highest BCUT2D eigenvalue weighted by Crippen LogP contribution is 2.53. The first-order valence-corrected chi connectivity index (χ1v) is 19.0. The maximum atomic E-state index is 4.11. The smallest absolute Gasteiger partial charge is 0.0540 e. The first-order chi connectivity index (χ1) is 26.4. The Bertz CT molecular complexity index is 2640. The van der Waals surface area contributed by atoms with Crippen molar-refractivity contribution in [2.45, 2.75) is 26.2 Å². The van der Waals surface area contributed by atoms with Gasteiger partial charge in [0.15, 0.2) is 0 Å². The van der Waals surface area contributed by atoms with Crippen LogP contribution in [-0.4, -0.2) is 0 Å². The average molecular weight is 697 g/mol. The van der Waals surface area contributed by atoms with E-state index >= 15 is 0 Å². The molecular formula is C52H44N2. The molecule has 0 fully saturated rings. The van der Waals surface area contributed by atoms with E-state index in [0.29, 0.717) is 11.8 Å². The molecule has 0 aliphatic heterocycles. The molecule has 0 aromatic heterocycles. The summed E-state index contributed by atoms with van der Waals surface area (Å²) in [6, 6.07) is 53.4. The van der Waals surface area contributed by atoms with Gasteiger partial charge in [-0.2, -0.15) is 0 Å². The molecule has 2 heteroatoms. The number of rotatable bonds is 8. The summed E-state index contributed by atoms with van der Waals surface area (Å²) in [6.45, 7) is 15.1. The van der Waals surface area contributed by atoms with Gasteiger partial charge < -0.3 is 9.80 Å². The molecule has 0 spiro atoms. The van der Waals surface area contributed by atoms with Crippen LogP contribution in [0.4, 0.5) is 28.4 Å². The number of benzene rings is 7. The van der Waals surface area contributed by atoms with E-state index in [1.807, 2.05) is 6.08 Å². The van der Waals surface area contributed by atoms with Crippen LogP contribution in [0.3, 0.4) is 0 Å². The van der Waals surface area contributed by atoms with Gasteiger partial charge in [-0.1, -0.05) is 149 Å². The van der Waals surface area contributed by atoms with Crippen LogP contribution < -0.4 is 9.80 Å². The van der Waals surface area contributed by atoms with Crippen molar-refractivity contribution in [2.75, 3.05) is 9.80 Å². The van der Waals surface area contributed by atoms with Gasteiger partial charge in [-0.15, -0.1) is 6.58 Å². The molecule has 0 bridgehead atoms. The van der Waals surface area contributed by atoms with E-state index in [4.69, 9.17) is 0 Å². The van der Waals surface area contributed by atoms with Crippen LogP contribution in [-0.2, 0) is 5.41 Å². The lowest BCUT2D eigenvalue weighted by Gasteiger charge is -2.32. The van der Waals surface area contributed by atoms with Crippen molar-refractivity contribution >= 4 is 56.1 Å². The normalized spacial score (nSPS) is 16.8. The minimum atomic E-state index is -0.240. The summed E-state index contributed by atoms with van der Waals surface area (Å²) in [5.41, 5.74) is 13.0. The van der Waals surface area contributed by atoms with Gasteiger partial charge in [-0.25, -0.2) is 0 Å². The molecule has 7 aromatic carbocycles. The number of fused-ring (bicyclic) bond motifs is 5. The zero-order chi connectivity index (χ0) is 37.0. The van der Waals surface area contributed by atoms with Crippen molar-refractivity contribution in [3.8, 4) is 11.1 Å². The van der Waals surface area contributed by atoms with Gasteiger partial charge in [0, 0.05) is 44.9 Å². The molecule has 7 aromatic rings. The Morgan fingerprint density at radius 2 is 1.09 bits per heavy atom. The molecule has 0 saturated heterocycles. The van der Waals surface area contributed by atoms with Gasteiger partial charge in [-0.05, 0) is 99.1 Å². The lowest BCUT2D eigenvalue weighted by molar-refractivity contribution is 0.600. The first kappa shape index (κ1) is 33.5. The lowest BCUT2D eigenvalue weighted by atomic mass is 9.82. The fourth-order valence-electron chi connectivity index (χ4n) is 8.68. The van der Waals surface area contributed by atoms with Crippen molar-refractivity contribution in [3.63, 3.8) is 0 Å². The van der Waals surface area contributed by atoms with Gasteiger partial charge in [0.2, 0.25) is 0 Å². The van der Waals surface area contributed by atoms with Crippen molar-refractivity contribution in [1.82, 2.24) is 0 Å². The van der Waals surface area contributed by atoms with Gasteiger partial charge in [0.25, 0.3) is 0 Å². The molecular weight excluding hydrogens is 653 g/mol. The van der Waals surface area contributed by atoms with Gasteiger partial charge in [-0.3, -0.25) is 0 Å². The second-order valence-electron chi connectivity index (χ2n) is 15.2. The first-order valence-electron chi connectivity index (χ1n) is 19.0. The summed E-state index contributed by atoms with van der Waals surface area (Å²) >= 11 is 0. The molecule has 2 unspecified atom stereocenters. The highest BCUT2D eigenvalue weighted by Gasteiger charge is 2.37. The van der Waals surface area contributed by atoms with Gasteiger partial charge in [0.1, 0.15) is 0 Å². The summed E-state index contributed by atoms with van der Waals surface area (Å²) in [4.78, 5) is 4.86. The van der Waals surface area contributed by atoms with E-state index in [9.17, 15) is 0 Å². The third-order valence-corrected chi connectivity index (χ3v) is 11.6. The summed E-state index contributed by atoms with van der Waals surface area (Å²) in [5, 5.41) is 4.90. The zero-order valence-electron chi connectivity index (χ0n) is 31.2. The van der Waals surface area contributed by atoms with Crippen LogP contribution >= 0.6 is 0 Å². The minimum Gasteiger partial charge on any atom is -0.310 e. The summed E-state index contributed by atoms with van der Waals surface area (Å²) < 4.78 is 0. The molecule has 0 radical (unpaired) electrons. The van der Waals surface area contributed by atoms with Crippen LogP contribution in [0.5, 0.6) is 0 Å². The quantitative estimate of drug-likeness (QED) is 0.146. The molecule has 2 aliphatic carbocycles. The number of hydrogen-bond acceptors (Lipinski definition) is 2. The SMILES string of the molecule is C=Cc1ccc(N(c2ccc3c(c2)C(C)(C)c2cc(N(C4=CC(C)C(C=C)C=C4)c4cccc5ccccc45)ccc2-3)c2cccc3ccccc23)cc1. The number of hydrogen-bond donors (Lipinski definition) is 0. The number of nitrogens with zero attached hydrogens (tertiary/aromatic N) is 2. The van der Waals surface area contributed by atoms with E-state index in [1.54, 1.807) is 0 Å². The van der Waals surface area contributed by atoms with Crippen LogP contribution in [0.2, 0.25) is 0 Å². The monoisotopic (exact) mass is 696 g/mol. The van der Waals surface area contributed by atoms with E-state index < -0.39 is 0 Å². The van der Waals surface area contributed by atoms with Crippen molar-refractivity contribution < 1.29 is 0 Å². The molecule has 2 atom stereocenters. The fourth-order valence-corrected chi connectivity index (χ4v) is 8.68. The van der Waals surface area contributed by atoms with E-state index in [0.717, 1.165) is 28.3 Å². The van der Waals surface area contributed by atoms with Crippen molar-refractivity contribution in [3.05, 3.63) is 205 Å². The Morgan fingerprint density at radius 3 is 1.65 bits per heavy atom. The van der Waals surface area contributed by atoms with Crippen LogP contribution in [0, 0.1) is 11.8 Å². The molecule has 9 rings (SSSR count). The summed E-state index contributed by atoms with van der Waals surface area (Å²) in [7, 11) is 0. The number of allylic oxidation sites excluding steroid dienone is 4. The Labute approximate surface area is 319 Å². The van der Waals surface area contributed by atoms with Crippen molar-refractivity contribution in [1.29, 1.82) is 0 Å². The van der Waals surface area contributed by atoms with E-state index in [1.165, 1.54) is 55.2 Å². The van der Waals surface area contributed by atoms with Crippen LogP contribution in [0.25, 0.3) is 38.7 Å². The predicted octanol–water partition coefficient (Wildman–Crippen LogP) is 14.4. The molecule has 0 saturated carbocycles. The zero-order valence-corrected chi connectivity index (χ0v) is 31.2. The molecule has 0 heterocycles. The summed E-state index contributed by atoms with van der Waals surface area (Å²) in [6.07, 6.45) is 10.9. The Morgan fingerprint density at radius 1 is 0.574 bits per heavy atom. The van der Waals surface area contributed by atoms with Gasteiger partial charge >= 0.3 is 0 Å². The standard InChI is InChI=1S/C52H44N2/c1-6-36-22-25-40(26-23-36)53(50-20-12-16-38-14-8-10-18-44(38)50)42-28-30-46-47-31-29-43(34-49(47)52(4,5)48(46)33-42)54(41-27-24-37(7-2)35(3)32-41)51-21-13-17-39-15-9-11-19-45(39)51/h6-35,37H,1-2H2,3-5H3. The second-order valence-corrected chi connectivity index (χ2v) is 15.2. The number of anilines is 5. The van der Waals surface area contributed by atoms with E-state index in [2.05, 4.69) is 214 Å². The molecule has 2 nitrogen and oxygen atoms in total. The largest absolute Gasteiger partial charge is 0.310 e. The summed E-state index contributed by atoms with van der Waals surface area (Å²) in [5.74, 6) is 0.658. The molecule has 262 valence electrons.